The monoisotopic (exact) mass is 395 g/mol. The largest absolute Gasteiger partial charge is 0.307 e. The van der Waals surface area contributed by atoms with Crippen molar-refractivity contribution >= 4 is 39.6 Å². The lowest BCUT2D eigenvalue weighted by molar-refractivity contribution is 0.344. The molecule has 0 fully saturated rings. The molecule has 2 aromatic rings. The van der Waals surface area contributed by atoms with Gasteiger partial charge in [-0.05, 0) is 80.3 Å². The molecule has 1 aliphatic heterocycles. The van der Waals surface area contributed by atoms with E-state index in [0.717, 1.165) is 43.0 Å². The second kappa shape index (κ2) is 8.06. The number of para-hydroxylation sites is 2. The topological polar surface area (TPSA) is 50.2 Å². The van der Waals surface area contributed by atoms with E-state index in [9.17, 15) is 9.11 Å². The Kier molecular flexibility index (Phi) is 5.99. The molecule has 0 bridgehead atoms. The zero-order valence-electron chi connectivity index (χ0n) is 15.2. The maximum absolute atomic E-state index is 11.1. The maximum Gasteiger partial charge on any atom is 0.0896 e. The molecule has 1 aliphatic rings. The van der Waals surface area contributed by atoms with Crippen LogP contribution in [0.3, 0.4) is 0 Å². The lowest BCUT2D eigenvalue weighted by Crippen LogP contribution is -2.32. The Hall–Kier alpha value is -1.44. The van der Waals surface area contributed by atoms with Gasteiger partial charge in [-0.25, -0.2) is 4.31 Å². The third-order valence-corrected chi connectivity index (χ3v) is 6.78. The van der Waals surface area contributed by atoms with Crippen molar-refractivity contribution in [3.63, 3.8) is 0 Å². The number of hydrogen-bond acceptors (Lipinski definition) is 5. The first-order chi connectivity index (χ1) is 12.4. The van der Waals surface area contributed by atoms with Gasteiger partial charge in [-0.1, -0.05) is 30.7 Å². The number of fused-ring (bicyclic) bond motifs is 1. The zero-order chi connectivity index (χ0) is 18.7. The number of halogens is 1. The highest BCUT2D eigenvalue weighted by Gasteiger charge is 2.41. The average Bonchev–Trinajstić information content (AvgIpc) is 2.86. The molecular weight excluding hydrogens is 370 g/mol. The van der Waals surface area contributed by atoms with Crippen LogP contribution in [-0.2, 0) is 0 Å². The molecule has 142 valence electrons. The van der Waals surface area contributed by atoms with Crippen LogP contribution in [0.1, 0.15) is 19.8 Å². The highest BCUT2D eigenvalue weighted by atomic mass is 35.5. The van der Waals surface area contributed by atoms with E-state index in [0.29, 0.717) is 11.6 Å². The van der Waals surface area contributed by atoms with Crippen molar-refractivity contribution in [2.24, 2.45) is 0 Å². The van der Waals surface area contributed by atoms with Gasteiger partial charge in [-0.2, -0.15) is 0 Å². The molecule has 7 heteroatoms. The molecule has 3 rings (SSSR count). The van der Waals surface area contributed by atoms with Crippen LogP contribution in [0, 0.1) is 0 Å². The highest BCUT2D eigenvalue weighted by Crippen LogP contribution is 2.64. The SMILES string of the molecule is CCN(C)CCCCN1c2ccccc2N(c2ccc(Cl)cc2)S1(O)O. The third-order valence-electron chi connectivity index (χ3n) is 4.66. The number of anilines is 3. The first-order valence-corrected chi connectivity index (χ1v) is 10.7. The van der Waals surface area contributed by atoms with Crippen LogP contribution in [0.15, 0.2) is 48.5 Å². The Morgan fingerprint density at radius 1 is 1.00 bits per heavy atom. The number of benzene rings is 2. The quantitative estimate of drug-likeness (QED) is 0.596. The van der Waals surface area contributed by atoms with E-state index in [1.807, 2.05) is 36.4 Å². The van der Waals surface area contributed by atoms with Gasteiger partial charge in [0.25, 0.3) is 0 Å². The summed E-state index contributed by atoms with van der Waals surface area (Å²) in [6.45, 7) is 4.76. The van der Waals surface area contributed by atoms with Crippen LogP contribution in [0.4, 0.5) is 17.1 Å². The standard InChI is InChI=1S/C19H26ClN3O2S/c1-3-21(2)14-6-7-15-22-18-8-4-5-9-19(18)23(26(22,24)25)17-12-10-16(20)11-13-17/h4-5,8-13,24-25H,3,6-7,14-15H2,1-2H3. The fraction of sp³-hybridized carbons (Fsp3) is 0.368. The summed E-state index contributed by atoms with van der Waals surface area (Å²) < 4.78 is 25.5. The first kappa shape index (κ1) is 19.3. The molecule has 2 N–H and O–H groups in total. The van der Waals surface area contributed by atoms with E-state index >= 15 is 0 Å². The summed E-state index contributed by atoms with van der Waals surface area (Å²) in [7, 11) is -1.05. The van der Waals surface area contributed by atoms with Crippen molar-refractivity contribution in [3.05, 3.63) is 53.6 Å². The molecule has 26 heavy (non-hydrogen) atoms. The Bertz CT molecular complexity index is 742. The fourth-order valence-corrected chi connectivity index (χ4v) is 5.04. The Morgan fingerprint density at radius 3 is 2.31 bits per heavy atom. The molecule has 1 heterocycles. The Balaban J connectivity index is 1.83. The smallest absolute Gasteiger partial charge is 0.0896 e. The minimum atomic E-state index is -3.15. The van der Waals surface area contributed by atoms with Gasteiger partial charge < -0.3 is 4.90 Å². The molecule has 0 unspecified atom stereocenters. The summed E-state index contributed by atoms with van der Waals surface area (Å²) in [6.07, 6.45) is 1.91. The highest BCUT2D eigenvalue weighted by molar-refractivity contribution is 8.27. The fourth-order valence-electron chi connectivity index (χ4n) is 3.10. The van der Waals surface area contributed by atoms with E-state index in [1.165, 1.54) is 0 Å². The van der Waals surface area contributed by atoms with Gasteiger partial charge in [-0.3, -0.25) is 13.4 Å². The number of unbranched alkanes of at least 4 members (excludes halogenated alkanes) is 1. The summed E-state index contributed by atoms with van der Waals surface area (Å²) in [4.78, 5) is 2.26. The summed E-state index contributed by atoms with van der Waals surface area (Å²) in [5.41, 5.74) is 2.38. The summed E-state index contributed by atoms with van der Waals surface area (Å²) in [6, 6.07) is 14.9. The van der Waals surface area contributed by atoms with Crippen LogP contribution in [0.2, 0.25) is 5.02 Å². The normalized spacial score (nSPS) is 16.8. The van der Waals surface area contributed by atoms with Crippen LogP contribution < -0.4 is 8.61 Å². The minimum Gasteiger partial charge on any atom is -0.307 e. The van der Waals surface area contributed by atoms with Gasteiger partial charge >= 0.3 is 0 Å². The van der Waals surface area contributed by atoms with Crippen LogP contribution in [0.25, 0.3) is 0 Å². The molecule has 0 atom stereocenters. The zero-order valence-corrected chi connectivity index (χ0v) is 16.7. The number of hydrogen-bond donors (Lipinski definition) is 2. The Morgan fingerprint density at radius 2 is 1.65 bits per heavy atom. The van der Waals surface area contributed by atoms with Crippen LogP contribution in [0.5, 0.6) is 0 Å². The predicted octanol–water partition coefficient (Wildman–Crippen LogP) is 5.61. The molecule has 0 saturated heterocycles. The van der Waals surface area contributed by atoms with Crippen molar-refractivity contribution in [2.75, 3.05) is 35.3 Å². The van der Waals surface area contributed by atoms with Gasteiger partial charge in [0, 0.05) is 11.6 Å². The van der Waals surface area contributed by atoms with E-state index in [4.69, 9.17) is 11.6 Å². The second-order valence-electron chi connectivity index (χ2n) is 6.45. The lowest BCUT2D eigenvalue weighted by Gasteiger charge is -2.43. The van der Waals surface area contributed by atoms with Crippen molar-refractivity contribution in [1.29, 1.82) is 0 Å². The van der Waals surface area contributed by atoms with Gasteiger partial charge in [-0.15, -0.1) is 0 Å². The van der Waals surface area contributed by atoms with Crippen LogP contribution >= 0.6 is 22.6 Å². The predicted molar refractivity (Wildman–Crippen MR) is 113 cm³/mol. The van der Waals surface area contributed by atoms with Crippen molar-refractivity contribution in [1.82, 2.24) is 4.90 Å². The lowest BCUT2D eigenvalue weighted by atomic mass is 10.2. The van der Waals surface area contributed by atoms with E-state index in [-0.39, 0.29) is 0 Å². The molecule has 0 saturated carbocycles. The average molecular weight is 396 g/mol. The molecule has 0 aliphatic carbocycles. The molecule has 2 aromatic carbocycles. The minimum absolute atomic E-state index is 0.598. The van der Waals surface area contributed by atoms with Gasteiger partial charge in [0.2, 0.25) is 0 Å². The van der Waals surface area contributed by atoms with E-state index in [2.05, 4.69) is 18.9 Å². The van der Waals surface area contributed by atoms with Gasteiger partial charge in [0.05, 0.1) is 17.1 Å². The van der Waals surface area contributed by atoms with E-state index in [1.54, 1.807) is 20.7 Å². The van der Waals surface area contributed by atoms with Crippen molar-refractivity contribution in [3.8, 4) is 0 Å². The first-order valence-electron chi connectivity index (χ1n) is 8.84. The van der Waals surface area contributed by atoms with Crippen molar-refractivity contribution < 1.29 is 9.11 Å². The number of rotatable bonds is 7. The van der Waals surface area contributed by atoms with Gasteiger partial charge in [0.1, 0.15) is 0 Å². The van der Waals surface area contributed by atoms with Crippen LogP contribution in [-0.4, -0.2) is 40.7 Å². The maximum atomic E-state index is 11.1. The summed E-state index contributed by atoms with van der Waals surface area (Å²) >= 11 is 5.99. The summed E-state index contributed by atoms with van der Waals surface area (Å²) in [5.74, 6) is 0. The number of nitrogens with zero attached hydrogens (tertiary/aromatic N) is 3. The summed E-state index contributed by atoms with van der Waals surface area (Å²) in [5, 5.41) is 0.620. The van der Waals surface area contributed by atoms with E-state index < -0.39 is 11.0 Å². The second-order valence-corrected chi connectivity index (χ2v) is 8.68. The van der Waals surface area contributed by atoms with Gasteiger partial charge in [0.15, 0.2) is 0 Å². The van der Waals surface area contributed by atoms with Crippen molar-refractivity contribution in [2.45, 2.75) is 19.8 Å². The molecule has 0 aromatic heterocycles. The molecule has 0 radical (unpaired) electrons. The Labute approximate surface area is 162 Å². The molecule has 5 nitrogen and oxygen atoms in total. The molecular formula is C19H26ClN3O2S. The molecule has 0 spiro atoms. The molecule has 0 amide bonds. The third kappa shape index (κ3) is 3.80.